The van der Waals surface area contributed by atoms with Gasteiger partial charge in [0.15, 0.2) is 5.13 Å². The van der Waals surface area contributed by atoms with Crippen LogP contribution in [0.2, 0.25) is 0 Å². The number of thiazole rings is 1. The summed E-state index contributed by atoms with van der Waals surface area (Å²) in [5, 5.41) is 4.63. The van der Waals surface area contributed by atoms with Gasteiger partial charge in [-0.1, -0.05) is 0 Å². The number of anilines is 1. The van der Waals surface area contributed by atoms with Gasteiger partial charge in [-0.2, -0.15) is 0 Å². The lowest BCUT2D eigenvalue weighted by atomic mass is 10.3. The Labute approximate surface area is 82.4 Å². The van der Waals surface area contributed by atoms with Crippen LogP contribution >= 0.6 is 11.3 Å². The first-order chi connectivity index (χ1) is 6.33. The summed E-state index contributed by atoms with van der Waals surface area (Å²) in [4.78, 5) is 5.61. The predicted molar refractivity (Wildman–Crippen MR) is 55.1 cm³/mol. The third-order valence-electron chi connectivity index (χ3n) is 3.00. The van der Waals surface area contributed by atoms with Crippen molar-refractivity contribution in [2.24, 2.45) is 11.8 Å². The van der Waals surface area contributed by atoms with Crippen LogP contribution in [0.15, 0.2) is 6.20 Å². The first-order valence-electron chi connectivity index (χ1n) is 5.02. The van der Waals surface area contributed by atoms with Crippen LogP contribution in [0.3, 0.4) is 0 Å². The van der Waals surface area contributed by atoms with Crippen molar-refractivity contribution in [1.82, 2.24) is 4.98 Å². The van der Waals surface area contributed by atoms with E-state index in [1.165, 1.54) is 24.1 Å². The minimum Gasteiger partial charge on any atom is -0.358 e. The molecule has 2 nitrogen and oxygen atoms in total. The van der Waals surface area contributed by atoms with Crippen molar-refractivity contribution in [3.05, 3.63) is 11.1 Å². The molecule has 1 heterocycles. The highest BCUT2D eigenvalue weighted by atomic mass is 32.1. The number of rotatable bonds is 3. The molecule has 0 bridgehead atoms. The monoisotopic (exact) mass is 194 g/mol. The van der Waals surface area contributed by atoms with Gasteiger partial charge in [0.1, 0.15) is 0 Å². The zero-order valence-corrected chi connectivity index (χ0v) is 8.60. The van der Waals surface area contributed by atoms with Crippen molar-refractivity contribution in [2.45, 2.75) is 32.2 Å². The van der Waals surface area contributed by atoms with Crippen molar-refractivity contribution in [3.63, 3.8) is 0 Å². The molecule has 1 aromatic heterocycles. The van der Waals surface area contributed by atoms with E-state index in [4.69, 9.17) is 0 Å². The van der Waals surface area contributed by atoms with E-state index in [-0.39, 0.29) is 0 Å². The number of aryl methyl sites for hydroxylation is 1. The van der Waals surface area contributed by atoms with Gasteiger partial charge in [0.05, 0.1) is 0 Å². The fourth-order valence-electron chi connectivity index (χ4n) is 2.01. The summed E-state index contributed by atoms with van der Waals surface area (Å²) in [6, 6.07) is 0.748. The van der Waals surface area contributed by atoms with Gasteiger partial charge in [0.2, 0.25) is 0 Å². The van der Waals surface area contributed by atoms with Crippen molar-refractivity contribution < 1.29 is 0 Å². The second kappa shape index (κ2) is 2.71. The Balaban J connectivity index is 1.58. The molecule has 3 heteroatoms. The smallest absolute Gasteiger partial charge is 0.183 e. The normalized spacial score (nSPS) is 31.8. The van der Waals surface area contributed by atoms with E-state index in [1.807, 2.05) is 6.20 Å². The van der Waals surface area contributed by atoms with Crippen molar-refractivity contribution in [1.29, 1.82) is 0 Å². The Kier molecular flexibility index (Phi) is 1.62. The minimum absolute atomic E-state index is 0.748. The Morgan fingerprint density at radius 2 is 2.38 bits per heavy atom. The minimum atomic E-state index is 0.748. The van der Waals surface area contributed by atoms with Gasteiger partial charge in [-0.05, 0) is 38.0 Å². The molecule has 2 unspecified atom stereocenters. The van der Waals surface area contributed by atoms with Crippen LogP contribution in [0.4, 0.5) is 5.13 Å². The number of nitrogens with one attached hydrogen (secondary N) is 1. The fourth-order valence-corrected chi connectivity index (χ4v) is 2.73. The number of nitrogens with zero attached hydrogens (tertiary/aromatic N) is 1. The van der Waals surface area contributed by atoms with Gasteiger partial charge in [-0.25, -0.2) is 4.98 Å². The van der Waals surface area contributed by atoms with Crippen LogP contribution in [0.1, 0.15) is 24.1 Å². The van der Waals surface area contributed by atoms with Crippen LogP contribution in [0.5, 0.6) is 0 Å². The van der Waals surface area contributed by atoms with Gasteiger partial charge in [0, 0.05) is 17.1 Å². The van der Waals surface area contributed by atoms with E-state index in [9.17, 15) is 0 Å². The number of aromatic nitrogens is 1. The van der Waals surface area contributed by atoms with E-state index >= 15 is 0 Å². The average Bonchev–Trinajstić information content (AvgIpc) is 2.92. The molecule has 2 aliphatic rings. The maximum absolute atomic E-state index is 4.32. The molecule has 1 N–H and O–H groups in total. The second-order valence-electron chi connectivity index (χ2n) is 4.26. The molecule has 2 atom stereocenters. The zero-order chi connectivity index (χ0) is 8.84. The Bertz CT molecular complexity index is 316. The Morgan fingerprint density at radius 1 is 1.54 bits per heavy atom. The molecule has 1 aromatic rings. The summed E-state index contributed by atoms with van der Waals surface area (Å²) in [6.07, 6.45) is 6.27. The molecule has 3 rings (SSSR count). The average molecular weight is 194 g/mol. The van der Waals surface area contributed by atoms with Crippen LogP contribution in [0.25, 0.3) is 0 Å². The molecule has 0 spiro atoms. The summed E-state index contributed by atoms with van der Waals surface area (Å²) in [5.41, 5.74) is 0. The Morgan fingerprint density at radius 3 is 3.00 bits per heavy atom. The lowest BCUT2D eigenvalue weighted by Crippen LogP contribution is -2.04. The van der Waals surface area contributed by atoms with Gasteiger partial charge < -0.3 is 5.32 Å². The van der Waals surface area contributed by atoms with Crippen LogP contribution in [0, 0.1) is 18.8 Å². The molecule has 2 saturated carbocycles. The van der Waals surface area contributed by atoms with E-state index in [2.05, 4.69) is 17.2 Å². The predicted octanol–water partition coefficient (Wildman–Crippen LogP) is 2.66. The molecule has 13 heavy (non-hydrogen) atoms. The van der Waals surface area contributed by atoms with E-state index in [0.717, 1.165) is 23.0 Å². The summed E-state index contributed by atoms with van der Waals surface area (Å²) in [7, 11) is 0. The first-order valence-corrected chi connectivity index (χ1v) is 5.83. The highest BCUT2D eigenvalue weighted by molar-refractivity contribution is 7.15. The van der Waals surface area contributed by atoms with Gasteiger partial charge in [0.25, 0.3) is 0 Å². The van der Waals surface area contributed by atoms with Crippen LogP contribution in [-0.4, -0.2) is 11.0 Å². The highest BCUT2D eigenvalue weighted by Crippen LogP contribution is 2.51. The summed E-state index contributed by atoms with van der Waals surface area (Å²) in [6.45, 7) is 2.11. The molecular formula is C10H14N2S. The second-order valence-corrected chi connectivity index (χ2v) is 5.50. The summed E-state index contributed by atoms with van der Waals surface area (Å²) in [5.74, 6) is 2.03. The molecule has 0 aromatic carbocycles. The lowest BCUT2D eigenvalue weighted by Gasteiger charge is -1.99. The maximum atomic E-state index is 4.32. The molecule has 0 aliphatic heterocycles. The molecule has 0 amide bonds. The number of hydrogen-bond acceptors (Lipinski definition) is 3. The molecule has 0 saturated heterocycles. The SMILES string of the molecule is Cc1cnc(NC2CC2C2CC2)s1. The molecule has 2 fully saturated rings. The highest BCUT2D eigenvalue weighted by Gasteiger charge is 2.47. The van der Waals surface area contributed by atoms with Gasteiger partial charge in [-0.15, -0.1) is 11.3 Å². The topological polar surface area (TPSA) is 24.9 Å². The molecular weight excluding hydrogens is 180 g/mol. The first kappa shape index (κ1) is 7.80. The van der Waals surface area contributed by atoms with Crippen LogP contribution < -0.4 is 5.32 Å². The molecule has 70 valence electrons. The maximum Gasteiger partial charge on any atom is 0.183 e. The Hall–Kier alpha value is -0.570. The number of hydrogen-bond donors (Lipinski definition) is 1. The van der Waals surface area contributed by atoms with Gasteiger partial charge >= 0.3 is 0 Å². The third kappa shape index (κ3) is 1.57. The van der Waals surface area contributed by atoms with E-state index in [1.54, 1.807) is 11.3 Å². The van der Waals surface area contributed by atoms with Crippen molar-refractivity contribution >= 4 is 16.5 Å². The van der Waals surface area contributed by atoms with Crippen LogP contribution in [-0.2, 0) is 0 Å². The van der Waals surface area contributed by atoms with E-state index < -0.39 is 0 Å². The van der Waals surface area contributed by atoms with Crippen molar-refractivity contribution in [2.75, 3.05) is 5.32 Å². The fraction of sp³-hybridized carbons (Fsp3) is 0.700. The summed E-state index contributed by atoms with van der Waals surface area (Å²) < 4.78 is 0. The third-order valence-corrected chi connectivity index (χ3v) is 3.84. The lowest BCUT2D eigenvalue weighted by molar-refractivity contribution is 0.697. The standard InChI is InChI=1S/C10H14N2S/c1-6-5-11-10(13-6)12-9-4-8(9)7-2-3-7/h5,7-9H,2-4H2,1H3,(H,11,12). The van der Waals surface area contributed by atoms with Crippen molar-refractivity contribution in [3.8, 4) is 0 Å². The molecule has 2 aliphatic carbocycles. The van der Waals surface area contributed by atoms with E-state index in [0.29, 0.717) is 0 Å². The largest absolute Gasteiger partial charge is 0.358 e. The van der Waals surface area contributed by atoms with Gasteiger partial charge in [-0.3, -0.25) is 0 Å². The zero-order valence-electron chi connectivity index (χ0n) is 7.79. The molecule has 0 radical (unpaired) electrons. The summed E-state index contributed by atoms with van der Waals surface area (Å²) >= 11 is 1.77. The quantitative estimate of drug-likeness (QED) is 0.800.